The van der Waals surface area contributed by atoms with E-state index in [2.05, 4.69) is 18.2 Å². The number of benzene rings is 12. The van der Waals surface area contributed by atoms with Gasteiger partial charge in [0.25, 0.3) is 0 Å². The lowest BCUT2D eigenvalue weighted by Crippen LogP contribution is -2.11. The van der Waals surface area contributed by atoms with Crippen molar-refractivity contribution in [2.45, 2.75) is 78.0 Å². The SMILES string of the molecule is COc1ccc2c(c1)c1c(n2CCc2c(F)c(F)c(F)c(F)c2F)-c2ccccc2C1.COc1ccc2c(c1)c1c(n2Cc2c(F)cccc2F)-c2ccccc2C1.Cc1ccc2c(c1)c1c(n2CCc2c(F)c(F)c(F)c(F)c2F)-c2ccccc2C1.Fc1c(F)c(F)c(CCn2c3c(c4ccccc42)Cc2ccccc2-3)c(F)c1F. The number of para-hydroxylation sites is 1. The van der Waals surface area contributed by atoms with E-state index >= 15 is 0 Å². The van der Waals surface area contributed by atoms with E-state index in [1.165, 1.54) is 29.3 Å². The van der Waals surface area contributed by atoms with Crippen LogP contribution in [0, 0.1) is 106 Å². The molecule has 12 aromatic carbocycles. The fourth-order valence-electron chi connectivity index (χ4n) is 17.3. The first-order valence-electron chi connectivity index (χ1n) is 37.3. The lowest BCUT2D eigenvalue weighted by molar-refractivity contribution is 0.368. The molecule has 0 fully saturated rings. The van der Waals surface area contributed by atoms with Gasteiger partial charge in [0, 0.05) is 133 Å². The van der Waals surface area contributed by atoms with E-state index in [9.17, 15) is 74.6 Å². The van der Waals surface area contributed by atoms with Gasteiger partial charge < -0.3 is 27.7 Å². The maximum Gasteiger partial charge on any atom is 0.200 e. The van der Waals surface area contributed by atoms with Gasteiger partial charge in [0.05, 0.1) is 43.5 Å². The number of hydrogen-bond donors (Lipinski definition) is 0. The Morgan fingerprint density at radius 3 is 0.906 bits per heavy atom. The van der Waals surface area contributed by atoms with Gasteiger partial charge >= 0.3 is 0 Å². The van der Waals surface area contributed by atoms with Crippen LogP contribution >= 0.6 is 0 Å². The molecule has 4 aliphatic rings. The van der Waals surface area contributed by atoms with Gasteiger partial charge in [0.1, 0.15) is 23.1 Å². The molecular formula is C94H63F17N4O2. The normalized spacial score (nSPS) is 12.4. The summed E-state index contributed by atoms with van der Waals surface area (Å²) in [5.41, 5.74) is 19.4. The number of rotatable bonds is 13. The Morgan fingerprint density at radius 2 is 0.547 bits per heavy atom. The Hall–Kier alpha value is -12.8. The van der Waals surface area contributed by atoms with Crippen LogP contribution in [0.4, 0.5) is 74.6 Å². The van der Waals surface area contributed by atoms with Gasteiger partial charge in [-0.3, -0.25) is 0 Å². The summed E-state index contributed by atoms with van der Waals surface area (Å²) < 4.78 is 254. The van der Waals surface area contributed by atoms with Gasteiger partial charge in [-0.2, -0.15) is 0 Å². The summed E-state index contributed by atoms with van der Waals surface area (Å²) in [6.45, 7) is 2.35. The predicted molar refractivity (Wildman–Crippen MR) is 414 cm³/mol. The highest BCUT2D eigenvalue weighted by atomic mass is 19.2. The first-order valence-corrected chi connectivity index (χ1v) is 37.3. The molecule has 0 amide bonds. The molecule has 0 atom stereocenters. The predicted octanol–water partition coefficient (Wildman–Crippen LogP) is 24.3. The Morgan fingerprint density at radius 1 is 0.265 bits per heavy atom. The molecule has 4 aromatic heterocycles. The molecule has 0 spiro atoms. The fraction of sp³-hybridized carbons (Fsp3) is 0.149. The first kappa shape index (κ1) is 76.8. The van der Waals surface area contributed by atoms with Crippen molar-refractivity contribution in [1.82, 2.24) is 18.3 Å². The second-order valence-electron chi connectivity index (χ2n) is 29.1. The lowest BCUT2D eigenvalue weighted by Gasteiger charge is -2.13. The molecule has 117 heavy (non-hydrogen) atoms. The Kier molecular flexibility index (Phi) is 20.0. The largest absolute Gasteiger partial charge is 0.497 e. The van der Waals surface area contributed by atoms with Crippen LogP contribution < -0.4 is 9.47 Å². The fourth-order valence-corrected chi connectivity index (χ4v) is 17.3. The molecule has 0 aliphatic heterocycles. The van der Waals surface area contributed by atoms with Crippen LogP contribution in [-0.2, 0) is 71.1 Å². The van der Waals surface area contributed by atoms with Gasteiger partial charge in [-0.1, -0.05) is 133 Å². The molecule has 590 valence electrons. The third kappa shape index (κ3) is 12.9. The van der Waals surface area contributed by atoms with Crippen LogP contribution in [0.25, 0.3) is 88.6 Å². The quantitative estimate of drug-likeness (QED) is 0.0655. The molecule has 4 aliphatic carbocycles. The van der Waals surface area contributed by atoms with Crippen molar-refractivity contribution in [3.05, 3.63) is 365 Å². The lowest BCUT2D eigenvalue weighted by atomic mass is 10.1. The van der Waals surface area contributed by atoms with Gasteiger partial charge in [-0.05, 0) is 137 Å². The zero-order valence-corrected chi connectivity index (χ0v) is 62.3. The van der Waals surface area contributed by atoms with Crippen LogP contribution in [-0.4, -0.2) is 32.5 Å². The van der Waals surface area contributed by atoms with Gasteiger partial charge in [0.2, 0.25) is 17.5 Å². The number of aryl methyl sites for hydroxylation is 4. The highest BCUT2D eigenvalue weighted by molar-refractivity contribution is 5.99. The van der Waals surface area contributed by atoms with E-state index in [0.29, 0.717) is 12.2 Å². The average molecular weight is 1600 g/mol. The number of halogens is 17. The molecule has 0 bridgehead atoms. The summed E-state index contributed by atoms with van der Waals surface area (Å²) >= 11 is 0. The topological polar surface area (TPSA) is 38.2 Å². The monoisotopic (exact) mass is 1600 g/mol. The summed E-state index contributed by atoms with van der Waals surface area (Å²) in [5, 5.41) is 4.06. The second kappa shape index (κ2) is 30.4. The minimum Gasteiger partial charge on any atom is -0.497 e. The minimum absolute atomic E-state index is 0.0465. The highest BCUT2D eigenvalue weighted by Crippen LogP contribution is 2.49. The van der Waals surface area contributed by atoms with E-state index in [0.717, 1.165) is 153 Å². The summed E-state index contributed by atoms with van der Waals surface area (Å²) in [5.74, 6) is -28.1. The third-order valence-corrected chi connectivity index (χ3v) is 22.7. The molecule has 0 saturated carbocycles. The molecule has 0 saturated heterocycles. The zero-order chi connectivity index (χ0) is 81.8. The van der Waals surface area contributed by atoms with Gasteiger partial charge in [-0.15, -0.1) is 0 Å². The standard InChI is InChI=1S/C24H16F5NO.C24H16F5N.C23H14F5N.C23H17F2NO/c1-31-13-6-7-18-16(11-13)17-10-12-4-2-3-5-14(12)24(17)30(18)9-8-15-19(25)21(27)23(29)22(28)20(15)26;1-12-6-7-18-16(10-12)17-11-13-4-2-3-5-14(13)24(17)30(18)9-8-15-19(25)21(27)23(29)22(28)20(15)26;24-18-15(19(25)21(27)22(28)20(18)26)9-10-29-17-8-4-3-7-14(17)16-11-12-5-1-2-6-13(12)23(16)29;1-27-15-9-10-22-17(12-15)18-11-14-5-2-3-6-16(14)23(18)26(22)13-19-20(24)7-4-8-21(19)25/h2-7,11H,8-10H2,1H3;2-7,10H,8-9,11H2,1H3;1-8H,9-11H2;2-10,12H,11,13H2,1H3. The van der Waals surface area contributed by atoms with Crippen molar-refractivity contribution >= 4 is 43.6 Å². The highest BCUT2D eigenvalue weighted by Gasteiger charge is 2.35. The molecule has 0 radical (unpaired) electrons. The van der Waals surface area contributed by atoms with E-state index in [4.69, 9.17) is 9.47 Å². The number of ether oxygens (including phenoxy) is 2. The molecule has 0 N–H and O–H groups in total. The number of nitrogens with zero attached hydrogens (tertiary/aromatic N) is 4. The number of aromatic nitrogens is 4. The number of methoxy groups -OCH3 is 2. The smallest absolute Gasteiger partial charge is 0.200 e. The van der Waals surface area contributed by atoms with Crippen LogP contribution in [0.1, 0.15) is 72.3 Å². The van der Waals surface area contributed by atoms with Crippen LogP contribution in [0.5, 0.6) is 11.5 Å². The molecule has 4 heterocycles. The maximum atomic E-state index is 14.3. The molecule has 20 rings (SSSR count). The van der Waals surface area contributed by atoms with Gasteiger partial charge in [-0.25, -0.2) is 74.6 Å². The zero-order valence-electron chi connectivity index (χ0n) is 62.3. The van der Waals surface area contributed by atoms with E-state index in [-0.39, 0.29) is 51.0 Å². The Balaban J connectivity index is 0.000000112. The van der Waals surface area contributed by atoms with E-state index in [1.54, 1.807) is 20.3 Å². The van der Waals surface area contributed by atoms with Crippen molar-refractivity contribution in [1.29, 1.82) is 0 Å². The summed E-state index contributed by atoms with van der Waals surface area (Å²) in [4.78, 5) is 0. The summed E-state index contributed by atoms with van der Waals surface area (Å²) in [6.07, 6.45) is 1.97. The maximum absolute atomic E-state index is 14.3. The molecule has 23 heteroatoms. The van der Waals surface area contributed by atoms with Crippen molar-refractivity contribution in [3.8, 4) is 56.5 Å². The molecule has 16 aromatic rings. The summed E-state index contributed by atoms with van der Waals surface area (Å²) in [6, 6.07) is 60.8. The molecular weight excluding hydrogens is 1540 g/mol. The second-order valence-corrected chi connectivity index (χ2v) is 29.1. The Labute approximate surface area is 657 Å². The molecule has 6 nitrogen and oxygen atoms in total. The summed E-state index contributed by atoms with van der Waals surface area (Å²) in [7, 11) is 3.21. The Bertz CT molecular complexity index is 6680. The van der Waals surface area contributed by atoms with Crippen molar-refractivity contribution in [2.24, 2.45) is 0 Å². The van der Waals surface area contributed by atoms with E-state index in [1.807, 2.05) is 177 Å². The first-order chi connectivity index (χ1) is 56.5. The van der Waals surface area contributed by atoms with Crippen molar-refractivity contribution < 1.29 is 84.1 Å². The number of fused-ring (bicyclic) bond motifs is 20. The van der Waals surface area contributed by atoms with Crippen molar-refractivity contribution in [2.75, 3.05) is 14.2 Å². The van der Waals surface area contributed by atoms with Crippen LogP contribution in [0.3, 0.4) is 0 Å². The van der Waals surface area contributed by atoms with Crippen molar-refractivity contribution in [3.63, 3.8) is 0 Å². The third-order valence-electron chi connectivity index (χ3n) is 22.7. The van der Waals surface area contributed by atoms with E-state index < -0.39 is 116 Å². The van der Waals surface area contributed by atoms with Gasteiger partial charge in [0.15, 0.2) is 69.8 Å². The molecule has 0 unspecified atom stereocenters. The average Bonchev–Trinajstić information content (AvgIpc) is 1.59. The minimum atomic E-state index is -2.15. The van der Waals surface area contributed by atoms with Crippen LogP contribution in [0.15, 0.2) is 194 Å². The van der Waals surface area contributed by atoms with Crippen LogP contribution in [0.2, 0.25) is 0 Å². The number of hydrogen-bond acceptors (Lipinski definition) is 2.